The van der Waals surface area contributed by atoms with Crippen molar-refractivity contribution >= 4 is 0 Å². The lowest BCUT2D eigenvalue weighted by molar-refractivity contribution is 0.540. The standard InChI is InChI=1S/C13H19N5/c1-2-6-18-13(16-10-17-18)8-12(14)7-11-4-3-5-15-9-11/h3-5,9-10,12H,2,6-8,14H2,1H3. The van der Waals surface area contributed by atoms with Crippen molar-refractivity contribution in [1.29, 1.82) is 0 Å². The second-order valence-electron chi connectivity index (χ2n) is 4.43. The molecule has 0 radical (unpaired) electrons. The zero-order valence-corrected chi connectivity index (χ0v) is 10.7. The fraction of sp³-hybridized carbons (Fsp3) is 0.462. The van der Waals surface area contributed by atoms with E-state index in [4.69, 9.17) is 5.73 Å². The number of rotatable bonds is 6. The Hall–Kier alpha value is -1.75. The largest absolute Gasteiger partial charge is 0.327 e. The lowest BCUT2D eigenvalue weighted by Gasteiger charge is -2.11. The van der Waals surface area contributed by atoms with Gasteiger partial charge in [-0.1, -0.05) is 13.0 Å². The number of pyridine rings is 1. The van der Waals surface area contributed by atoms with E-state index >= 15 is 0 Å². The molecule has 0 aliphatic carbocycles. The highest BCUT2D eigenvalue weighted by Crippen LogP contribution is 2.05. The first-order valence-corrected chi connectivity index (χ1v) is 6.30. The molecule has 5 heteroatoms. The molecule has 0 aromatic carbocycles. The topological polar surface area (TPSA) is 69.6 Å². The molecular formula is C13H19N5. The molecule has 5 nitrogen and oxygen atoms in total. The molecule has 0 fully saturated rings. The normalized spacial score (nSPS) is 12.6. The number of aryl methyl sites for hydroxylation is 1. The Kier molecular flexibility index (Phi) is 4.41. The summed E-state index contributed by atoms with van der Waals surface area (Å²) in [4.78, 5) is 8.37. The summed E-state index contributed by atoms with van der Waals surface area (Å²) in [5, 5.41) is 4.20. The van der Waals surface area contributed by atoms with E-state index in [0.717, 1.165) is 37.2 Å². The Morgan fingerprint density at radius 3 is 3.00 bits per heavy atom. The van der Waals surface area contributed by atoms with Crippen LogP contribution in [-0.4, -0.2) is 25.8 Å². The minimum Gasteiger partial charge on any atom is -0.327 e. The molecule has 0 aliphatic rings. The third-order valence-electron chi connectivity index (χ3n) is 2.80. The molecule has 1 atom stereocenters. The fourth-order valence-electron chi connectivity index (χ4n) is 1.97. The maximum absolute atomic E-state index is 6.15. The van der Waals surface area contributed by atoms with Gasteiger partial charge < -0.3 is 5.73 Å². The molecule has 0 saturated carbocycles. The first kappa shape index (κ1) is 12.7. The minimum atomic E-state index is 0.0500. The van der Waals surface area contributed by atoms with E-state index < -0.39 is 0 Å². The SMILES string of the molecule is CCCn1ncnc1CC(N)Cc1cccnc1. The van der Waals surface area contributed by atoms with Gasteiger partial charge >= 0.3 is 0 Å². The van der Waals surface area contributed by atoms with Crippen LogP contribution in [0.4, 0.5) is 0 Å². The Bertz CT molecular complexity index is 465. The third kappa shape index (κ3) is 3.37. The second-order valence-corrected chi connectivity index (χ2v) is 4.43. The van der Waals surface area contributed by atoms with Crippen LogP contribution < -0.4 is 5.73 Å². The average Bonchev–Trinajstić information content (AvgIpc) is 2.78. The quantitative estimate of drug-likeness (QED) is 0.830. The first-order valence-electron chi connectivity index (χ1n) is 6.30. The van der Waals surface area contributed by atoms with Crippen LogP contribution in [0.15, 0.2) is 30.9 Å². The summed E-state index contributed by atoms with van der Waals surface area (Å²) >= 11 is 0. The summed E-state index contributed by atoms with van der Waals surface area (Å²) in [5.74, 6) is 0.966. The Labute approximate surface area is 107 Å². The van der Waals surface area contributed by atoms with Crippen molar-refractivity contribution in [2.45, 2.75) is 38.8 Å². The summed E-state index contributed by atoms with van der Waals surface area (Å²) in [6.07, 6.45) is 7.83. The molecular weight excluding hydrogens is 226 g/mol. The zero-order chi connectivity index (χ0) is 12.8. The van der Waals surface area contributed by atoms with E-state index in [1.54, 1.807) is 12.5 Å². The number of nitrogens with two attached hydrogens (primary N) is 1. The molecule has 2 aromatic rings. The fourth-order valence-corrected chi connectivity index (χ4v) is 1.97. The molecule has 2 aromatic heterocycles. The molecule has 18 heavy (non-hydrogen) atoms. The van der Waals surface area contributed by atoms with E-state index in [1.165, 1.54) is 0 Å². The van der Waals surface area contributed by atoms with Crippen LogP contribution >= 0.6 is 0 Å². The van der Waals surface area contributed by atoms with Crippen LogP contribution in [0.25, 0.3) is 0 Å². The van der Waals surface area contributed by atoms with Crippen LogP contribution in [0.1, 0.15) is 24.7 Å². The molecule has 2 heterocycles. The summed E-state index contributed by atoms with van der Waals surface area (Å²) in [6.45, 7) is 3.02. The van der Waals surface area contributed by atoms with E-state index in [0.29, 0.717) is 0 Å². The summed E-state index contributed by atoms with van der Waals surface area (Å²) < 4.78 is 1.93. The summed E-state index contributed by atoms with van der Waals surface area (Å²) in [5.41, 5.74) is 7.31. The van der Waals surface area contributed by atoms with Crippen molar-refractivity contribution < 1.29 is 0 Å². The third-order valence-corrected chi connectivity index (χ3v) is 2.80. The molecule has 96 valence electrons. The Morgan fingerprint density at radius 2 is 2.28 bits per heavy atom. The number of hydrogen-bond donors (Lipinski definition) is 1. The molecule has 0 spiro atoms. The van der Waals surface area contributed by atoms with Gasteiger partial charge in [-0.15, -0.1) is 0 Å². The van der Waals surface area contributed by atoms with Crippen molar-refractivity contribution in [3.05, 3.63) is 42.2 Å². The van der Waals surface area contributed by atoms with Crippen LogP contribution in [0.5, 0.6) is 0 Å². The van der Waals surface area contributed by atoms with Gasteiger partial charge in [-0.05, 0) is 24.5 Å². The molecule has 0 bridgehead atoms. The highest BCUT2D eigenvalue weighted by Gasteiger charge is 2.10. The monoisotopic (exact) mass is 245 g/mol. The lowest BCUT2D eigenvalue weighted by Crippen LogP contribution is -2.27. The number of nitrogens with zero attached hydrogens (tertiary/aromatic N) is 4. The van der Waals surface area contributed by atoms with Crippen LogP contribution in [0, 0.1) is 0 Å². The van der Waals surface area contributed by atoms with Crippen LogP contribution in [0.2, 0.25) is 0 Å². The molecule has 0 aliphatic heterocycles. The van der Waals surface area contributed by atoms with E-state index in [-0.39, 0.29) is 6.04 Å². The smallest absolute Gasteiger partial charge is 0.138 e. The van der Waals surface area contributed by atoms with Gasteiger partial charge in [0.15, 0.2) is 0 Å². The lowest BCUT2D eigenvalue weighted by atomic mass is 10.1. The van der Waals surface area contributed by atoms with Gasteiger partial charge in [0.2, 0.25) is 0 Å². The van der Waals surface area contributed by atoms with Crippen molar-refractivity contribution in [2.24, 2.45) is 5.73 Å². The number of hydrogen-bond acceptors (Lipinski definition) is 4. The van der Waals surface area contributed by atoms with Gasteiger partial charge in [-0.2, -0.15) is 5.10 Å². The Morgan fingerprint density at radius 1 is 1.39 bits per heavy atom. The first-order chi connectivity index (χ1) is 8.79. The van der Waals surface area contributed by atoms with Crippen LogP contribution in [0.3, 0.4) is 0 Å². The minimum absolute atomic E-state index is 0.0500. The molecule has 2 N–H and O–H groups in total. The molecule has 1 unspecified atom stereocenters. The summed E-state index contributed by atoms with van der Waals surface area (Å²) in [7, 11) is 0. The zero-order valence-electron chi connectivity index (χ0n) is 10.7. The molecule has 0 amide bonds. The highest BCUT2D eigenvalue weighted by molar-refractivity contribution is 5.10. The van der Waals surface area contributed by atoms with E-state index in [2.05, 4.69) is 22.0 Å². The predicted molar refractivity (Wildman–Crippen MR) is 69.9 cm³/mol. The maximum Gasteiger partial charge on any atom is 0.138 e. The van der Waals surface area contributed by atoms with Crippen molar-refractivity contribution in [3.8, 4) is 0 Å². The van der Waals surface area contributed by atoms with Gasteiger partial charge in [0.1, 0.15) is 12.2 Å². The van der Waals surface area contributed by atoms with Crippen LogP contribution in [-0.2, 0) is 19.4 Å². The van der Waals surface area contributed by atoms with Gasteiger partial charge in [0.05, 0.1) is 0 Å². The van der Waals surface area contributed by atoms with Crippen molar-refractivity contribution in [2.75, 3.05) is 0 Å². The van der Waals surface area contributed by atoms with Gasteiger partial charge in [0, 0.05) is 31.4 Å². The molecule has 2 rings (SSSR count). The van der Waals surface area contributed by atoms with Gasteiger partial charge in [-0.3, -0.25) is 9.67 Å². The number of aromatic nitrogens is 4. The van der Waals surface area contributed by atoms with Crippen molar-refractivity contribution in [1.82, 2.24) is 19.7 Å². The maximum atomic E-state index is 6.15. The van der Waals surface area contributed by atoms with Crippen molar-refractivity contribution in [3.63, 3.8) is 0 Å². The Balaban J connectivity index is 1.94. The summed E-state index contributed by atoms with van der Waals surface area (Å²) in [6, 6.07) is 4.03. The van der Waals surface area contributed by atoms with E-state index in [9.17, 15) is 0 Å². The average molecular weight is 245 g/mol. The second kappa shape index (κ2) is 6.26. The molecule has 0 saturated heterocycles. The van der Waals surface area contributed by atoms with Gasteiger partial charge in [0.25, 0.3) is 0 Å². The highest BCUT2D eigenvalue weighted by atomic mass is 15.3. The predicted octanol–water partition coefficient (Wildman–Crippen LogP) is 1.20. The van der Waals surface area contributed by atoms with Gasteiger partial charge in [-0.25, -0.2) is 4.98 Å². The van der Waals surface area contributed by atoms with E-state index in [1.807, 2.05) is 23.0 Å².